The van der Waals surface area contributed by atoms with Crippen molar-refractivity contribution in [3.63, 3.8) is 0 Å². The third kappa shape index (κ3) is 4.44. The molecule has 8 nitrogen and oxygen atoms in total. The summed E-state index contributed by atoms with van der Waals surface area (Å²) in [5.41, 5.74) is -1.15. The Bertz CT molecular complexity index is 936. The smallest absolute Gasteiger partial charge is 0.332 e. The van der Waals surface area contributed by atoms with E-state index >= 15 is 0 Å². The Labute approximate surface area is 151 Å². The number of nitro benzene ring substituents is 1. The van der Waals surface area contributed by atoms with E-state index in [9.17, 15) is 23.3 Å². The number of ether oxygens (including phenoxy) is 1. The van der Waals surface area contributed by atoms with Crippen LogP contribution in [0.25, 0.3) is 0 Å². The number of para-hydroxylation sites is 2. The molecule has 0 amide bonds. The fraction of sp³-hybridized carbons (Fsp3) is 0.235. The molecule has 0 aromatic heterocycles. The van der Waals surface area contributed by atoms with Crippen molar-refractivity contribution in [1.82, 2.24) is 4.72 Å². The van der Waals surface area contributed by atoms with Gasteiger partial charge in [-0.25, -0.2) is 13.2 Å². The van der Waals surface area contributed by atoms with E-state index in [1.54, 1.807) is 12.1 Å². The van der Waals surface area contributed by atoms with E-state index in [1.807, 2.05) is 6.92 Å². The number of rotatable bonds is 6. The largest absolute Gasteiger partial charge is 0.418 e. The van der Waals surface area contributed by atoms with Gasteiger partial charge in [-0.1, -0.05) is 29.8 Å². The van der Waals surface area contributed by atoms with E-state index in [0.29, 0.717) is 0 Å². The number of carbonyl (C=O) groups excluding carboxylic acids is 1. The number of aryl methyl sites for hydroxylation is 1. The minimum Gasteiger partial charge on any atom is -0.418 e. The van der Waals surface area contributed by atoms with Gasteiger partial charge >= 0.3 is 11.7 Å². The van der Waals surface area contributed by atoms with Crippen LogP contribution in [0.5, 0.6) is 5.75 Å². The quantitative estimate of drug-likeness (QED) is 0.357. The first-order chi connectivity index (χ1) is 12.0. The summed E-state index contributed by atoms with van der Waals surface area (Å²) >= 11 is 0. The molecule has 0 saturated heterocycles. The van der Waals surface area contributed by atoms with Gasteiger partial charge in [0.05, 0.1) is 9.82 Å². The van der Waals surface area contributed by atoms with Crippen LogP contribution in [0.2, 0.25) is 0 Å². The highest BCUT2D eigenvalue weighted by Gasteiger charge is 2.36. The molecule has 1 N–H and O–H groups in total. The average Bonchev–Trinajstić information content (AvgIpc) is 2.54. The van der Waals surface area contributed by atoms with Gasteiger partial charge in [0.2, 0.25) is 15.8 Å². The highest BCUT2D eigenvalue weighted by molar-refractivity contribution is 7.89. The van der Waals surface area contributed by atoms with Crippen molar-refractivity contribution in [3.05, 3.63) is 64.2 Å². The van der Waals surface area contributed by atoms with Crippen molar-refractivity contribution in [2.45, 2.75) is 31.2 Å². The topological polar surface area (TPSA) is 116 Å². The summed E-state index contributed by atoms with van der Waals surface area (Å²) in [7, 11) is -3.98. The van der Waals surface area contributed by atoms with Crippen LogP contribution in [0.15, 0.2) is 53.4 Å². The predicted octanol–water partition coefficient (Wildman–Crippen LogP) is 2.57. The highest BCUT2D eigenvalue weighted by atomic mass is 32.2. The molecule has 0 heterocycles. The third-order valence-electron chi connectivity index (χ3n) is 3.50. The van der Waals surface area contributed by atoms with E-state index in [2.05, 4.69) is 4.72 Å². The van der Waals surface area contributed by atoms with Crippen molar-refractivity contribution in [1.29, 1.82) is 0 Å². The SMILES string of the molecule is Cc1ccc(S(=O)(=O)NC(C)(C)C(=O)Oc2ccccc2[N+](=O)[O-])cc1. The Morgan fingerprint density at radius 3 is 2.27 bits per heavy atom. The fourth-order valence-electron chi connectivity index (χ4n) is 2.08. The maximum absolute atomic E-state index is 12.5. The zero-order valence-corrected chi connectivity index (χ0v) is 15.2. The van der Waals surface area contributed by atoms with Gasteiger partial charge in [0.15, 0.2) is 0 Å². The second-order valence-electron chi connectivity index (χ2n) is 6.16. The van der Waals surface area contributed by atoms with Gasteiger partial charge in [0, 0.05) is 6.07 Å². The number of carbonyl (C=O) groups is 1. The molecule has 0 spiro atoms. The minimum absolute atomic E-state index is 0.00494. The van der Waals surface area contributed by atoms with Gasteiger partial charge in [-0.15, -0.1) is 0 Å². The van der Waals surface area contributed by atoms with Crippen LogP contribution in [0.3, 0.4) is 0 Å². The van der Waals surface area contributed by atoms with Crippen molar-refractivity contribution in [2.75, 3.05) is 0 Å². The molecule has 2 aromatic rings. The second kappa shape index (κ2) is 7.22. The first kappa shape index (κ1) is 19.5. The maximum Gasteiger partial charge on any atom is 0.332 e. The maximum atomic E-state index is 12.5. The second-order valence-corrected chi connectivity index (χ2v) is 7.84. The summed E-state index contributed by atoms with van der Waals surface area (Å²) in [6.45, 7) is 4.45. The van der Waals surface area contributed by atoms with Gasteiger partial charge in [0.25, 0.3) is 0 Å². The fourth-order valence-corrected chi connectivity index (χ4v) is 3.44. The average molecular weight is 378 g/mol. The molecule has 0 fully saturated rings. The van der Waals surface area contributed by atoms with Crippen LogP contribution in [0, 0.1) is 17.0 Å². The number of benzene rings is 2. The van der Waals surface area contributed by atoms with Crippen molar-refractivity contribution < 1.29 is 22.9 Å². The summed E-state index contributed by atoms with van der Waals surface area (Å²) in [6.07, 6.45) is 0. The van der Waals surface area contributed by atoms with Gasteiger partial charge in [-0.3, -0.25) is 10.1 Å². The summed E-state index contributed by atoms with van der Waals surface area (Å²) in [6, 6.07) is 11.5. The first-order valence-electron chi connectivity index (χ1n) is 7.59. The molecule has 26 heavy (non-hydrogen) atoms. The Kier molecular flexibility index (Phi) is 5.43. The van der Waals surface area contributed by atoms with E-state index in [-0.39, 0.29) is 10.6 Å². The van der Waals surface area contributed by atoms with Crippen molar-refractivity contribution >= 4 is 21.7 Å². The van der Waals surface area contributed by atoms with Crippen molar-refractivity contribution in [3.8, 4) is 5.75 Å². The lowest BCUT2D eigenvalue weighted by atomic mass is 10.1. The van der Waals surface area contributed by atoms with Gasteiger partial charge in [-0.2, -0.15) is 4.72 Å². The molecular formula is C17H18N2O6S. The Morgan fingerprint density at radius 1 is 1.12 bits per heavy atom. The summed E-state index contributed by atoms with van der Waals surface area (Å²) in [5.74, 6) is -1.23. The molecular weight excluding hydrogens is 360 g/mol. The molecule has 138 valence electrons. The van der Waals surface area contributed by atoms with Crippen LogP contribution in [0.4, 0.5) is 5.69 Å². The molecule has 0 saturated carbocycles. The monoisotopic (exact) mass is 378 g/mol. The molecule has 0 aliphatic heterocycles. The number of nitrogens with zero attached hydrogens (tertiary/aromatic N) is 1. The molecule has 2 aromatic carbocycles. The van der Waals surface area contributed by atoms with Gasteiger partial charge in [-0.05, 0) is 39.0 Å². The normalized spacial score (nSPS) is 11.8. The lowest BCUT2D eigenvalue weighted by molar-refractivity contribution is -0.385. The van der Waals surface area contributed by atoms with E-state index in [0.717, 1.165) is 5.56 Å². The number of nitro groups is 1. The Balaban J connectivity index is 2.23. The molecule has 0 atom stereocenters. The van der Waals surface area contributed by atoms with E-state index in [4.69, 9.17) is 4.74 Å². The van der Waals surface area contributed by atoms with Crippen LogP contribution in [0.1, 0.15) is 19.4 Å². The number of hydrogen-bond acceptors (Lipinski definition) is 6. The lowest BCUT2D eigenvalue weighted by Crippen LogP contribution is -2.51. The molecule has 0 aliphatic carbocycles. The zero-order valence-electron chi connectivity index (χ0n) is 14.4. The number of hydrogen-bond donors (Lipinski definition) is 1. The molecule has 0 radical (unpaired) electrons. The zero-order chi connectivity index (χ0) is 19.5. The van der Waals surface area contributed by atoms with Crippen LogP contribution in [-0.2, 0) is 14.8 Å². The molecule has 0 bridgehead atoms. The molecule has 2 rings (SSSR count). The predicted molar refractivity (Wildman–Crippen MR) is 94.3 cm³/mol. The van der Waals surface area contributed by atoms with Gasteiger partial charge in [0.1, 0.15) is 5.54 Å². The van der Waals surface area contributed by atoms with E-state index in [1.165, 1.54) is 50.2 Å². The van der Waals surface area contributed by atoms with Crippen LogP contribution in [-0.4, -0.2) is 24.8 Å². The van der Waals surface area contributed by atoms with Gasteiger partial charge < -0.3 is 4.74 Å². The Hall–Kier alpha value is -2.78. The van der Waals surface area contributed by atoms with Crippen LogP contribution < -0.4 is 9.46 Å². The standard InChI is InChI=1S/C17H18N2O6S/c1-12-8-10-13(11-9-12)26(23,24)18-17(2,3)16(20)25-15-7-5-4-6-14(15)19(21)22/h4-11,18H,1-3H3. The number of esters is 1. The summed E-state index contributed by atoms with van der Waals surface area (Å²) < 4.78 is 32.3. The molecule has 0 aliphatic rings. The summed E-state index contributed by atoms with van der Waals surface area (Å²) in [4.78, 5) is 22.7. The molecule has 0 unspecified atom stereocenters. The summed E-state index contributed by atoms with van der Waals surface area (Å²) in [5, 5.41) is 11.0. The van der Waals surface area contributed by atoms with Crippen molar-refractivity contribution in [2.24, 2.45) is 0 Å². The highest BCUT2D eigenvalue weighted by Crippen LogP contribution is 2.27. The number of sulfonamides is 1. The first-order valence-corrected chi connectivity index (χ1v) is 9.07. The Morgan fingerprint density at radius 2 is 1.69 bits per heavy atom. The minimum atomic E-state index is -3.98. The number of nitrogens with one attached hydrogen (secondary N) is 1. The van der Waals surface area contributed by atoms with E-state index < -0.39 is 32.1 Å². The van der Waals surface area contributed by atoms with Crippen LogP contribution >= 0.6 is 0 Å². The molecule has 9 heteroatoms. The lowest BCUT2D eigenvalue weighted by Gasteiger charge is -2.23. The third-order valence-corrected chi connectivity index (χ3v) is 5.17.